The number of carbonyl (C=O) groups is 2. The molecule has 0 bridgehead atoms. The lowest BCUT2D eigenvalue weighted by Gasteiger charge is -2.29. The Hall–Kier alpha value is -4.05. The number of pyridine rings is 2. The van der Waals surface area contributed by atoms with E-state index in [2.05, 4.69) is 10.3 Å². The highest BCUT2D eigenvalue weighted by Crippen LogP contribution is 2.31. The summed E-state index contributed by atoms with van der Waals surface area (Å²) in [4.78, 5) is 47.5. The third-order valence-electron chi connectivity index (χ3n) is 7.05. The van der Waals surface area contributed by atoms with Crippen molar-refractivity contribution in [3.8, 4) is 0 Å². The Labute approximate surface area is 236 Å². The van der Waals surface area contributed by atoms with Gasteiger partial charge in [0.2, 0.25) is 11.3 Å². The minimum atomic E-state index is -0.791. The van der Waals surface area contributed by atoms with Crippen LogP contribution >= 0.6 is 11.6 Å². The first-order valence-electron chi connectivity index (χ1n) is 12.9. The topological polar surface area (TPSA) is 108 Å². The van der Waals surface area contributed by atoms with Crippen molar-refractivity contribution in [1.29, 1.82) is 0 Å². The fraction of sp³-hybridized carbons (Fsp3) is 0.267. The highest BCUT2D eigenvalue weighted by atomic mass is 35.5. The molecule has 206 valence electrons. The smallest absolute Gasteiger partial charge is 0.257 e. The largest absolute Gasteiger partial charge is 0.385 e. The van der Waals surface area contributed by atoms with E-state index in [-0.39, 0.29) is 24.6 Å². The van der Waals surface area contributed by atoms with E-state index in [9.17, 15) is 19.5 Å². The molecule has 0 radical (unpaired) electrons. The summed E-state index contributed by atoms with van der Waals surface area (Å²) in [5.74, 6) is -0.675. The van der Waals surface area contributed by atoms with E-state index >= 15 is 0 Å². The lowest BCUT2D eigenvalue weighted by molar-refractivity contribution is -0.119. The third kappa shape index (κ3) is 5.62. The Kier molecular flexibility index (Phi) is 7.71. The number of halogens is 1. The third-order valence-corrected chi connectivity index (χ3v) is 7.30. The molecule has 2 aromatic heterocycles. The molecule has 5 rings (SSSR count). The number of nitrogens with zero attached hydrogens (tertiary/aromatic N) is 4. The van der Waals surface area contributed by atoms with Crippen LogP contribution in [0.15, 0.2) is 65.6 Å². The minimum Gasteiger partial charge on any atom is -0.385 e. The molecule has 1 aliphatic rings. The zero-order valence-electron chi connectivity index (χ0n) is 22.5. The number of aliphatic hydroxyl groups is 1. The van der Waals surface area contributed by atoms with Gasteiger partial charge in [-0.2, -0.15) is 0 Å². The molecule has 4 aromatic rings. The van der Waals surface area contributed by atoms with Gasteiger partial charge in [-0.05, 0) is 61.5 Å². The number of aryl methyl sites for hydroxylation is 1. The second kappa shape index (κ2) is 11.2. The first kappa shape index (κ1) is 27.5. The van der Waals surface area contributed by atoms with E-state index in [1.54, 1.807) is 48.0 Å². The molecule has 2 aromatic carbocycles. The number of aromatic nitrogens is 2. The number of amides is 2. The first-order valence-corrected chi connectivity index (χ1v) is 13.3. The Morgan fingerprint density at radius 1 is 1.15 bits per heavy atom. The lowest BCUT2D eigenvalue weighted by Crippen LogP contribution is -2.37. The summed E-state index contributed by atoms with van der Waals surface area (Å²) in [7, 11) is 3.54. The highest BCUT2D eigenvalue weighted by Gasteiger charge is 2.27. The molecule has 0 aliphatic carbocycles. The van der Waals surface area contributed by atoms with E-state index < -0.39 is 17.4 Å². The number of benzene rings is 2. The van der Waals surface area contributed by atoms with Gasteiger partial charge in [-0.15, -0.1) is 0 Å². The van der Waals surface area contributed by atoms with Crippen LogP contribution in [0.1, 0.15) is 39.0 Å². The van der Waals surface area contributed by atoms with Crippen LogP contribution in [0.2, 0.25) is 5.02 Å². The summed E-state index contributed by atoms with van der Waals surface area (Å²) in [6.45, 7) is 2.84. The van der Waals surface area contributed by atoms with Crippen molar-refractivity contribution in [2.24, 2.45) is 0 Å². The van der Waals surface area contributed by atoms with E-state index in [0.29, 0.717) is 40.4 Å². The van der Waals surface area contributed by atoms with Gasteiger partial charge in [0.25, 0.3) is 5.91 Å². The van der Waals surface area contributed by atoms with Gasteiger partial charge in [-0.3, -0.25) is 24.3 Å². The van der Waals surface area contributed by atoms with Gasteiger partial charge in [0.05, 0.1) is 16.9 Å². The maximum atomic E-state index is 13.6. The van der Waals surface area contributed by atoms with Crippen molar-refractivity contribution in [3.63, 3.8) is 0 Å². The van der Waals surface area contributed by atoms with Gasteiger partial charge in [0.1, 0.15) is 18.2 Å². The van der Waals surface area contributed by atoms with E-state index in [1.165, 1.54) is 11.1 Å². The predicted molar refractivity (Wildman–Crippen MR) is 155 cm³/mol. The van der Waals surface area contributed by atoms with Crippen molar-refractivity contribution in [3.05, 3.63) is 104 Å². The van der Waals surface area contributed by atoms with Crippen LogP contribution in [0.5, 0.6) is 0 Å². The molecule has 9 nitrogen and oxygen atoms in total. The first-order chi connectivity index (χ1) is 19.1. The van der Waals surface area contributed by atoms with Crippen LogP contribution < -0.4 is 15.6 Å². The van der Waals surface area contributed by atoms with Crippen molar-refractivity contribution in [2.45, 2.75) is 32.7 Å². The number of rotatable bonds is 8. The average molecular weight is 560 g/mol. The molecule has 40 heavy (non-hydrogen) atoms. The summed E-state index contributed by atoms with van der Waals surface area (Å²) in [6, 6.07) is 16.2. The monoisotopic (exact) mass is 559 g/mol. The molecule has 0 spiro atoms. The molecule has 0 fully saturated rings. The molecule has 1 aliphatic heterocycles. The van der Waals surface area contributed by atoms with Crippen LogP contribution in [-0.2, 0) is 24.4 Å². The number of anilines is 1. The van der Waals surface area contributed by atoms with Crippen molar-refractivity contribution < 1.29 is 14.7 Å². The summed E-state index contributed by atoms with van der Waals surface area (Å²) in [5.41, 5.74) is 3.80. The molecule has 3 heterocycles. The molecular formula is C30H30ClN5O4. The molecule has 1 unspecified atom stereocenters. The number of carbonyl (C=O) groups excluding carboxylic acids is 2. The number of likely N-dealkylation sites (N-methyl/N-ethyl adjacent to an activating group) is 2. The Morgan fingerprint density at radius 2 is 1.90 bits per heavy atom. The molecule has 1 atom stereocenters. The number of aliphatic hydroxyl groups excluding tert-OH is 1. The average Bonchev–Trinajstić information content (AvgIpc) is 2.92. The molecular weight excluding hydrogens is 530 g/mol. The summed E-state index contributed by atoms with van der Waals surface area (Å²) >= 11 is 5.94. The summed E-state index contributed by atoms with van der Waals surface area (Å²) < 4.78 is 1.67. The second-order valence-corrected chi connectivity index (χ2v) is 10.6. The van der Waals surface area contributed by atoms with Gasteiger partial charge >= 0.3 is 0 Å². The standard InChI is InChI=1S/C30H30ClN5O4/c1-18-5-4-6-24(33-18)26(37)16-34(2)14-20-11-22-28-25(12-20)35(3)27(38)17-36(28)15-23(29(22)39)30(40)32-13-19-7-9-21(31)10-8-19/h4-12,15,26,37H,13-14,16-17H2,1-3H3,(H,32,40). The van der Waals surface area contributed by atoms with Crippen molar-refractivity contribution >= 4 is 40.0 Å². The maximum absolute atomic E-state index is 13.6. The van der Waals surface area contributed by atoms with Gasteiger partial charge < -0.3 is 19.9 Å². The Morgan fingerprint density at radius 3 is 2.62 bits per heavy atom. The van der Waals surface area contributed by atoms with E-state index in [4.69, 9.17) is 11.6 Å². The van der Waals surface area contributed by atoms with E-state index in [1.807, 2.05) is 37.1 Å². The van der Waals surface area contributed by atoms with Crippen LogP contribution in [0, 0.1) is 6.92 Å². The molecule has 10 heteroatoms. The molecule has 0 saturated heterocycles. The second-order valence-electron chi connectivity index (χ2n) is 10.2. The predicted octanol–water partition coefficient (Wildman–Crippen LogP) is 3.43. The van der Waals surface area contributed by atoms with Crippen LogP contribution in [0.3, 0.4) is 0 Å². The maximum Gasteiger partial charge on any atom is 0.257 e. The zero-order valence-corrected chi connectivity index (χ0v) is 23.3. The highest BCUT2D eigenvalue weighted by molar-refractivity contribution is 6.30. The van der Waals surface area contributed by atoms with E-state index in [0.717, 1.165) is 16.8 Å². The minimum absolute atomic E-state index is 0.0205. The van der Waals surface area contributed by atoms with Gasteiger partial charge in [0, 0.05) is 49.0 Å². The molecule has 0 saturated carbocycles. The van der Waals surface area contributed by atoms with Crippen molar-refractivity contribution in [2.75, 3.05) is 25.5 Å². The fourth-order valence-electron chi connectivity index (χ4n) is 4.99. The van der Waals surface area contributed by atoms with Crippen LogP contribution in [0.4, 0.5) is 5.69 Å². The van der Waals surface area contributed by atoms with Gasteiger partial charge in [-0.25, -0.2) is 0 Å². The Balaban J connectivity index is 1.45. The zero-order chi connectivity index (χ0) is 28.6. The SMILES string of the molecule is Cc1cccc(C(O)CN(C)Cc2cc3c4c(c2)c(=O)c(C(=O)NCc2ccc(Cl)cc2)cn4CC(=O)N3C)n1. The lowest BCUT2D eigenvalue weighted by atomic mass is 10.0. The molecule has 2 amide bonds. The van der Waals surface area contributed by atoms with Crippen LogP contribution in [-0.4, -0.2) is 52.0 Å². The van der Waals surface area contributed by atoms with Crippen LogP contribution in [0.25, 0.3) is 10.9 Å². The molecule has 2 N–H and O–H groups in total. The number of hydrogen-bond donors (Lipinski definition) is 2. The fourth-order valence-corrected chi connectivity index (χ4v) is 5.12. The van der Waals surface area contributed by atoms with Crippen molar-refractivity contribution in [1.82, 2.24) is 19.8 Å². The normalized spacial score (nSPS) is 13.7. The number of hydrogen-bond acceptors (Lipinski definition) is 6. The van der Waals surface area contributed by atoms with Gasteiger partial charge in [-0.1, -0.05) is 29.8 Å². The number of nitrogens with one attached hydrogen (secondary N) is 1. The Bertz CT molecular complexity index is 1670. The quantitative estimate of drug-likeness (QED) is 0.342. The van der Waals surface area contributed by atoms with Gasteiger partial charge in [0.15, 0.2) is 0 Å². The summed E-state index contributed by atoms with van der Waals surface area (Å²) in [5, 5.41) is 14.5. The summed E-state index contributed by atoms with van der Waals surface area (Å²) in [6.07, 6.45) is 0.675.